The van der Waals surface area contributed by atoms with E-state index in [9.17, 15) is 18.7 Å². The van der Waals surface area contributed by atoms with Crippen LogP contribution in [0.3, 0.4) is 0 Å². The Morgan fingerprint density at radius 3 is 2.53 bits per heavy atom. The maximum atomic E-state index is 15.3. The summed E-state index contributed by atoms with van der Waals surface area (Å²) in [6.45, 7) is 7.08. The first-order chi connectivity index (χ1) is 15.7. The average Bonchev–Trinajstić information content (AvgIpc) is 2.95. The number of aromatic nitrogens is 2. The summed E-state index contributed by atoms with van der Waals surface area (Å²) in [5.41, 5.74) is -1.08. The highest BCUT2D eigenvalue weighted by Crippen LogP contribution is 2.42. The van der Waals surface area contributed by atoms with Crippen LogP contribution < -0.4 is 10.2 Å². The van der Waals surface area contributed by atoms with Crippen molar-refractivity contribution < 1.29 is 23.1 Å². The molecule has 0 saturated heterocycles. The molecule has 180 valence electrons. The van der Waals surface area contributed by atoms with Crippen molar-refractivity contribution in [3.8, 4) is 0 Å². The highest BCUT2D eigenvalue weighted by Gasteiger charge is 2.49. The third kappa shape index (κ3) is 3.68. The Morgan fingerprint density at radius 2 is 1.88 bits per heavy atom. The lowest BCUT2D eigenvalue weighted by atomic mass is 9.91. The molecule has 2 aromatic carbocycles. The summed E-state index contributed by atoms with van der Waals surface area (Å²) in [6.07, 6.45) is 0. The molecule has 0 bridgehead atoms. The largest absolute Gasteiger partial charge is 0.384 e. The van der Waals surface area contributed by atoms with Gasteiger partial charge in [0.1, 0.15) is 23.1 Å². The fraction of sp³-hybridized carbons (Fsp3) is 0.400. The van der Waals surface area contributed by atoms with Crippen molar-refractivity contribution >= 4 is 28.3 Å². The van der Waals surface area contributed by atoms with Gasteiger partial charge in [0.25, 0.3) is 0 Å². The van der Waals surface area contributed by atoms with Gasteiger partial charge in [-0.15, -0.1) is 0 Å². The topological polar surface area (TPSA) is 78.4 Å². The SMILES string of the molecule is Cc1nc(NC(C)c2cccc(C(F)(F)C(C)(C)O)c2F)c2cc3c(cc2n1)C(C)C(=O)N3C. The molecule has 2 N–H and O–H groups in total. The number of aryl methyl sites for hydroxylation is 1. The van der Waals surface area contributed by atoms with Gasteiger partial charge in [0, 0.05) is 23.7 Å². The van der Waals surface area contributed by atoms with Crippen LogP contribution in [-0.4, -0.2) is 33.6 Å². The predicted molar refractivity (Wildman–Crippen MR) is 125 cm³/mol. The molecule has 1 aromatic heterocycles. The fourth-order valence-electron chi connectivity index (χ4n) is 4.33. The fourth-order valence-corrected chi connectivity index (χ4v) is 4.33. The Hall–Kier alpha value is -3.20. The first kappa shape index (κ1) is 23.9. The molecule has 0 spiro atoms. The molecule has 2 unspecified atom stereocenters. The summed E-state index contributed by atoms with van der Waals surface area (Å²) in [5, 5.41) is 13.7. The van der Waals surface area contributed by atoms with E-state index >= 15 is 4.39 Å². The van der Waals surface area contributed by atoms with Gasteiger partial charge in [-0.25, -0.2) is 14.4 Å². The Bertz CT molecular complexity index is 1300. The maximum Gasteiger partial charge on any atom is 0.303 e. The van der Waals surface area contributed by atoms with Gasteiger partial charge in [-0.05, 0) is 58.4 Å². The number of anilines is 2. The van der Waals surface area contributed by atoms with Crippen LogP contribution >= 0.6 is 0 Å². The summed E-state index contributed by atoms with van der Waals surface area (Å²) in [6, 6.07) is 6.66. The minimum atomic E-state index is -3.79. The molecule has 2 atom stereocenters. The van der Waals surface area contributed by atoms with E-state index < -0.39 is 28.9 Å². The van der Waals surface area contributed by atoms with Crippen LogP contribution in [-0.2, 0) is 10.7 Å². The molecule has 0 aliphatic carbocycles. The summed E-state index contributed by atoms with van der Waals surface area (Å²) >= 11 is 0. The van der Waals surface area contributed by atoms with Crippen molar-refractivity contribution in [3.05, 3.63) is 58.7 Å². The van der Waals surface area contributed by atoms with Crippen LogP contribution in [0.2, 0.25) is 0 Å². The molecule has 3 aromatic rings. The van der Waals surface area contributed by atoms with E-state index in [1.165, 1.54) is 12.1 Å². The molecule has 1 aliphatic rings. The van der Waals surface area contributed by atoms with Gasteiger partial charge in [0.2, 0.25) is 5.91 Å². The molecule has 1 aliphatic heterocycles. The number of carbonyl (C=O) groups is 1. The highest BCUT2D eigenvalue weighted by molar-refractivity contribution is 6.07. The van der Waals surface area contributed by atoms with Gasteiger partial charge in [0.05, 0.1) is 23.0 Å². The summed E-state index contributed by atoms with van der Waals surface area (Å²) in [7, 11) is 1.70. The maximum absolute atomic E-state index is 15.3. The van der Waals surface area contributed by atoms with E-state index in [2.05, 4.69) is 15.3 Å². The van der Waals surface area contributed by atoms with Crippen molar-refractivity contribution in [2.24, 2.45) is 0 Å². The zero-order valence-corrected chi connectivity index (χ0v) is 19.9. The van der Waals surface area contributed by atoms with Gasteiger partial charge in [0.15, 0.2) is 0 Å². The van der Waals surface area contributed by atoms with Gasteiger partial charge in [-0.3, -0.25) is 4.79 Å². The van der Waals surface area contributed by atoms with E-state index in [1.54, 1.807) is 25.8 Å². The van der Waals surface area contributed by atoms with Gasteiger partial charge < -0.3 is 15.3 Å². The molecule has 9 heteroatoms. The van der Waals surface area contributed by atoms with Crippen LogP contribution in [0.5, 0.6) is 0 Å². The second-order valence-corrected chi connectivity index (χ2v) is 9.37. The number of halogens is 3. The van der Waals surface area contributed by atoms with Crippen molar-refractivity contribution in [2.45, 2.75) is 58.1 Å². The molecule has 34 heavy (non-hydrogen) atoms. The number of rotatable bonds is 5. The zero-order valence-electron chi connectivity index (χ0n) is 19.9. The third-order valence-corrected chi connectivity index (χ3v) is 6.44. The second kappa shape index (κ2) is 7.94. The van der Waals surface area contributed by atoms with Crippen LogP contribution in [0.25, 0.3) is 10.9 Å². The van der Waals surface area contributed by atoms with E-state index in [-0.39, 0.29) is 17.4 Å². The molecular weight excluding hydrogens is 445 g/mol. The normalized spacial score (nSPS) is 17.3. The summed E-state index contributed by atoms with van der Waals surface area (Å²) in [4.78, 5) is 23.0. The zero-order chi connectivity index (χ0) is 25.2. The van der Waals surface area contributed by atoms with Crippen LogP contribution in [0.15, 0.2) is 30.3 Å². The number of hydrogen-bond donors (Lipinski definition) is 2. The number of carbonyl (C=O) groups excluding carboxylic acids is 1. The highest BCUT2D eigenvalue weighted by atomic mass is 19.3. The monoisotopic (exact) mass is 472 g/mol. The Balaban J connectivity index is 1.77. The quantitative estimate of drug-likeness (QED) is 0.534. The lowest BCUT2D eigenvalue weighted by Crippen LogP contribution is -2.41. The number of alkyl halides is 2. The molecular formula is C25H27F3N4O2. The number of fused-ring (bicyclic) bond motifs is 2. The van der Waals surface area contributed by atoms with E-state index in [4.69, 9.17) is 0 Å². The standard InChI is InChI=1S/C25H27F3N4O2/c1-12-16-10-19-17(11-20(16)32(6)23(12)33)22(31-14(3)30-19)29-13(2)15-8-7-9-18(21(15)26)25(27,28)24(4,5)34/h7-13,34H,1-6H3,(H,29,30,31). The van der Waals surface area contributed by atoms with E-state index in [0.717, 1.165) is 31.2 Å². The molecule has 2 heterocycles. The molecule has 0 fully saturated rings. The van der Waals surface area contributed by atoms with Gasteiger partial charge >= 0.3 is 5.92 Å². The number of amides is 1. The number of hydrogen-bond acceptors (Lipinski definition) is 5. The van der Waals surface area contributed by atoms with Gasteiger partial charge in [-0.2, -0.15) is 8.78 Å². The minimum Gasteiger partial charge on any atom is -0.384 e. The Labute approximate surface area is 195 Å². The summed E-state index contributed by atoms with van der Waals surface area (Å²) < 4.78 is 44.7. The van der Waals surface area contributed by atoms with Crippen molar-refractivity contribution in [3.63, 3.8) is 0 Å². The number of nitrogens with one attached hydrogen (secondary N) is 1. The Morgan fingerprint density at radius 1 is 1.21 bits per heavy atom. The molecule has 0 radical (unpaired) electrons. The number of nitrogens with zero attached hydrogens (tertiary/aromatic N) is 3. The third-order valence-electron chi connectivity index (χ3n) is 6.44. The first-order valence-corrected chi connectivity index (χ1v) is 11.0. The molecule has 1 amide bonds. The van der Waals surface area contributed by atoms with Crippen LogP contribution in [0.4, 0.5) is 24.7 Å². The van der Waals surface area contributed by atoms with Crippen molar-refractivity contribution in [1.82, 2.24) is 9.97 Å². The smallest absolute Gasteiger partial charge is 0.303 e. The second-order valence-electron chi connectivity index (χ2n) is 9.37. The van der Waals surface area contributed by atoms with Crippen molar-refractivity contribution in [2.75, 3.05) is 17.3 Å². The van der Waals surface area contributed by atoms with Crippen LogP contribution in [0.1, 0.15) is 62.2 Å². The predicted octanol–water partition coefficient (Wildman–Crippen LogP) is 5.19. The van der Waals surface area contributed by atoms with Crippen LogP contribution in [0, 0.1) is 12.7 Å². The van der Waals surface area contributed by atoms with E-state index in [1.807, 2.05) is 19.1 Å². The average molecular weight is 473 g/mol. The minimum absolute atomic E-state index is 0.00733. The summed E-state index contributed by atoms with van der Waals surface area (Å²) in [5.74, 6) is -4.33. The number of aliphatic hydroxyl groups is 1. The Kier molecular flexibility index (Phi) is 5.59. The number of benzene rings is 2. The molecule has 6 nitrogen and oxygen atoms in total. The lowest BCUT2D eigenvalue weighted by molar-refractivity contribution is -0.170. The molecule has 0 saturated carbocycles. The number of likely N-dealkylation sites (N-methyl/N-ethyl adjacent to an activating group) is 1. The first-order valence-electron chi connectivity index (χ1n) is 11.0. The van der Waals surface area contributed by atoms with Gasteiger partial charge in [-0.1, -0.05) is 12.1 Å². The molecule has 4 rings (SSSR count). The van der Waals surface area contributed by atoms with Crippen molar-refractivity contribution in [1.29, 1.82) is 0 Å². The lowest BCUT2D eigenvalue weighted by Gasteiger charge is -2.30. The van der Waals surface area contributed by atoms with E-state index in [0.29, 0.717) is 22.5 Å².